The summed E-state index contributed by atoms with van der Waals surface area (Å²) in [5.74, 6) is -1.36. The molecule has 110 valence electrons. The second-order valence-corrected chi connectivity index (χ2v) is 5.06. The van der Waals surface area contributed by atoms with E-state index in [4.69, 9.17) is 5.11 Å². The number of carboxylic acid groups (broad SMARTS) is 1. The average Bonchev–Trinajstić information content (AvgIpc) is 2.44. The second kappa shape index (κ2) is 8.35. The van der Waals surface area contributed by atoms with Crippen LogP contribution in [-0.2, 0) is 16.0 Å². The minimum Gasteiger partial charge on any atom is -0.481 e. The van der Waals surface area contributed by atoms with Crippen LogP contribution >= 0.6 is 0 Å². The first kappa shape index (κ1) is 16.2. The lowest BCUT2D eigenvalue weighted by molar-refractivity contribution is -0.143. The van der Waals surface area contributed by atoms with Gasteiger partial charge in [-0.3, -0.25) is 9.59 Å². The van der Waals surface area contributed by atoms with Crippen LogP contribution in [0.1, 0.15) is 32.3 Å². The van der Waals surface area contributed by atoms with E-state index in [1.165, 1.54) is 0 Å². The summed E-state index contributed by atoms with van der Waals surface area (Å²) in [6, 6.07) is 9.92. The van der Waals surface area contributed by atoms with E-state index in [1.807, 2.05) is 37.3 Å². The maximum absolute atomic E-state index is 12.1. The molecule has 1 atom stereocenters. The fourth-order valence-corrected chi connectivity index (χ4v) is 2.01. The van der Waals surface area contributed by atoms with E-state index in [-0.39, 0.29) is 12.5 Å². The van der Waals surface area contributed by atoms with Crippen LogP contribution in [0.15, 0.2) is 30.3 Å². The Hall–Kier alpha value is -1.84. The summed E-state index contributed by atoms with van der Waals surface area (Å²) in [5, 5.41) is 8.99. The highest BCUT2D eigenvalue weighted by molar-refractivity contribution is 5.77. The van der Waals surface area contributed by atoms with Crippen LogP contribution in [0.2, 0.25) is 0 Å². The van der Waals surface area contributed by atoms with E-state index >= 15 is 0 Å². The van der Waals surface area contributed by atoms with Gasteiger partial charge in [-0.25, -0.2) is 0 Å². The number of aliphatic carboxylic acids is 1. The molecule has 1 aromatic rings. The molecule has 0 fully saturated rings. The number of hydrogen-bond donors (Lipinski definition) is 1. The molecule has 0 radical (unpaired) electrons. The van der Waals surface area contributed by atoms with Gasteiger partial charge in [-0.1, -0.05) is 44.2 Å². The van der Waals surface area contributed by atoms with Gasteiger partial charge in [-0.2, -0.15) is 0 Å². The number of carboxylic acids is 1. The maximum Gasteiger partial charge on any atom is 0.308 e. The summed E-state index contributed by atoms with van der Waals surface area (Å²) < 4.78 is 0. The molecule has 0 aliphatic rings. The summed E-state index contributed by atoms with van der Waals surface area (Å²) in [5.41, 5.74) is 1.16. The normalized spacial score (nSPS) is 11.9. The number of carbonyl (C=O) groups excluding carboxylic acids is 1. The van der Waals surface area contributed by atoms with Crippen LogP contribution in [0.25, 0.3) is 0 Å². The molecule has 1 rings (SSSR count). The lowest BCUT2D eigenvalue weighted by atomic mass is 10.1. The topological polar surface area (TPSA) is 57.6 Å². The van der Waals surface area contributed by atoms with Crippen LogP contribution in [0, 0.1) is 5.92 Å². The van der Waals surface area contributed by atoms with Crippen molar-refractivity contribution < 1.29 is 14.7 Å². The predicted molar refractivity (Wildman–Crippen MR) is 78.4 cm³/mol. The average molecular weight is 277 g/mol. The third-order valence-corrected chi connectivity index (χ3v) is 3.25. The zero-order chi connectivity index (χ0) is 15.0. The molecule has 1 amide bonds. The Kier molecular flexibility index (Phi) is 6.77. The first-order valence-corrected chi connectivity index (χ1v) is 7.09. The second-order valence-electron chi connectivity index (χ2n) is 5.06. The summed E-state index contributed by atoms with van der Waals surface area (Å²) in [6.45, 7) is 4.44. The van der Waals surface area contributed by atoms with Crippen molar-refractivity contribution in [3.8, 4) is 0 Å². The molecule has 4 nitrogen and oxygen atoms in total. The summed E-state index contributed by atoms with van der Waals surface area (Å²) in [6.07, 6.45) is 2.01. The Morgan fingerprint density at radius 2 is 1.90 bits per heavy atom. The first-order chi connectivity index (χ1) is 9.54. The monoisotopic (exact) mass is 277 g/mol. The van der Waals surface area contributed by atoms with Crippen LogP contribution in [0.4, 0.5) is 0 Å². The molecule has 1 unspecified atom stereocenters. The molecule has 0 saturated heterocycles. The van der Waals surface area contributed by atoms with Gasteiger partial charge in [0.25, 0.3) is 0 Å². The fourth-order valence-electron chi connectivity index (χ4n) is 2.01. The highest BCUT2D eigenvalue weighted by Crippen LogP contribution is 2.07. The van der Waals surface area contributed by atoms with Gasteiger partial charge in [0.2, 0.25) is 5.91 Å². The molecule has 0 aliphatic heterocycles. The molecule has 0 aliphatic carbocycles. The van der Waals surface area contributed by atoms with E-state index in [1.54, 1.807) is 11.8 Å². The van der Waals surface area contributed by atoms with Crippen LogP contribution in [0.3, 0.4) is 0 Å². The van der Waals surface area contributed by atoms with Crippen molar-refractivity contribution in [2.45, 2.75) is 33.1 Å². The van der Waals surface area contributed by atoms with Crippen LogP contribution < -0.4 is 0 Å². The lowest BCUT2D eigenvalue weighted by Crippen LogP contribution is -2.38. The van der Waals surface area contributed by atoms with Gasteiger partial charge in [-0.15, -0.1) is 0 Å². The van der Waals surface area contributed by atoms with Gasteiger partial charge >= 0.3 is 5.97 Å². The SMILES string of the molecule is CCCC(=O)N(CCc1ccccc1)CC(C)C(=O)O. The molecule has 0 bridgehead atoms. The quantitative estimate of drug-likeness (QED) is 0.794. The third-order valence-electron chi connectivity index (χ3n) is 3.25. The number of hydrogen-bond acceptors (Lipinski definition) is 2. The fraction of sp³-hybridized carbons (Fsp3) is 0.500. The Balaban J connectivity index is 2.62. The van der Waals surface area contributed by atoms with Crippen molar-refractivity contribution >= 4 is 11.9 Å². The lowest BCUT2D eigenvalue weighted by Gasteiger charge is -2.24. The molecule has 0 saturated carbocycles. The van der Waals surface area contributed by atoms with Crippen molar-refractivity contribution in [2.75, 3.05) is 13.1 Å². The van der Waals surface area contributed by atoms with E-state index in [9.17, 15) is 9.59 Å². The van der Waals surface area contributed by atoms with Gasteiger partial charge in [0.15, 0.2) is 0 Å². The Morgan fingerprint density at radius 1 is 1.25 bits per heavy atom. The van der Waals surface area contributed by atoms with Crippen LogP contribution in [0.5, 0.6) is 0 Å². The minimum absolute atomic E-state index is 0.0385. The van der Waals surface area contributed by atoms with Crippen molar-refractivity contribution in [3.05, 3.63) is 35.9 Å². The van der Waals surface area contributed by atoms with Gasteiger partial charge in [-0.05, 0) is 18.4 Å². The summed E-state index contributed by atoms with van der Waals surface area (Å²) in [4.78, 5) is 24.7. The highest BCUT2D eigenvalue weighted by Gasteiger charge is 2.19. The van der Waals surface area contributed by atoms with Gasteiger partial charge in [0.05, 0.1) is 5.92 Å². The molecular weight excluding hydrogens is 254 g/mol. The van der Waals surface area contributed by atoms with Crippen molar-refractivity contribution in [1.82, 2.24) is 4.90 Å². The number of carbonyl (C=O) groups is 2. The van der Waals surface area contributed by atoms with E-state index < -0.39 is 11.9 Å². The third kappa shape index (κ3) is 5.43. The smallest absolute Gasteiger partial charge is 0.308 e. The molecule has 0 heterocycles. The standard InChI is InChI=1S/C16H23NO3/c1-3-7-15(18)17(12-13(2)16(19)20)11-10-14-8-5-4-6-9-14/h4-6,8-9,13H,3,7,10-12H2,1-2H3,(H,19,20). The van der Waals surface area contributed by atoms with Crippen molar-refractivity contribution in [3.63, 3.8) is 0 Å². The Bertz CT molecular complexity index is 431. The zero-order valence-corrected chi connectivity index (χ0v) is 12.2. The van der Waals surface area contributed by atoms with Gasteiger partial charge in [0.1, 0.15) is 0 Å². The molecule has 0 spiro atoms. The molecule has 0 aromatic heterocycles. The zero-order valence-electron chi connectivity index (χ0n) is 12.2. The summed E-state index contributed by atoms with van der Waals surface area (Å²) >= 11 is 0. The predicted octanol–water partition coefficient (Wildman–Crippen LogP) is 2.58. The minimum atomic E-state index is -0.862. The molecule has 1 aromatic carbocycles. The molecule has 20 heavy (non-hydrogen) atoms. The number of benzene rings is 1. The van der Waals surface area contributed by atoms with Crippen molar-refractivity contribution in [1.29, 1.82) is 0 Å². The molecular formula is C16H23NO3. The molecule has 4 heteroatoms. The first-order valence-electron chi connectivity index (χ1n) is 7.09. The highest BCUT2D eigenvalue weighted by atomic mass is 16.4. The Labute approximate surface area is 120 Å². The largest absolute Gasteiger partial charge is 0.481 e. The number of amides is 1. The maximum atomic E-state index is 12.1. The van der Waals surface area contributed by atoms with Crippen LogP contribution in [-0.4, -0.2) is 35.0 Å². The Morgan fingerprint density at radius 3 is 2.45 bits per heavy atom. The number of nitrogens with zero attached hydrogens (tertiary/aromatic N) is 1. The van der Waals surface area contributed by atoms with Crippen molar-refractivity contribution in [2.24, 2.45) is 5.92 Å². The summed E-state index contributed by atoms with van der Waals surface area (Å²) in [7, 11) is 0. The van der Waals surface area contributed by atoms with E-state index in [0.29, 0.717) is 13.0 Å². The van der Waals surface area contributed by atoms with E-state index in [0.717, 1.165) is 18.4 Å². The van der Waals surface area contributed by atoms with E-state index in [2.05, 4.69) is 0 Å². The van der Waals surface area contributed by atoms with Gasteiger partial charge in [0, 0.05) is 19.5 Å². The van der Waals surface area contributed by atoms with Gasteiger partial charge < -0.3 is 10.0 Å². The molecule has 1 N–H and O–H groups in total. The number of rotatable bonds is 8.